The first kappa shape index (κ1) is 27.1. The number of rotatable bonds is 8. The third kappa shape index (κ3) is 9.08. The van der Waals surface area contributed by atoms with Crippen LogP contribution in [-0.2, 0) is 17.8 Å². The highest BCUT2D eigenvalue weighted by Gasteiger charge is 2.24. The van der Waals surface area contributed by atoms with E-state index in [1.807, 2.05) is 0 Å². The van der Waals surface area contributed by atoms with Crippen molar-refractivity contribution >= 4 is 29.9 Å². The van der Waals surface area contributed by atoms with Crippen LogP contribution in [0.15, 0.2) is 29.3 Å². The Morgan fingerprint density at radius 2 is 1.60 bits per heavy atom. The lowest BCUT2D eigenvalue weighted by molar-refractivity contribution is 0.0205. The molecule has 172 valence electrons. The van der Waals surface area contributed by atoms with Crippen molar-refractivity contribution in [2.24, 2.45) is 10.4 Å². The van der Waals surface area contributed by atoms with Crippen molar-refractivity contribution in [3.05, 3.63) is 35.4 Å². The zero-order chi connectivity index (χ0) is 21.3. The van der Waals surface area contributed by atoms with Gasteiger partial charge in [-0.2, -0.15) is 0 Å². The zero-order valence-corrected chi connectivity index (χ0v) is 22.0. The molecule has 1 aromatic carbocycles. The summed E-state index contributed by atoms with van der Waals surface area (Å²) in [6.45, 7) is 17.2. The van der Waals surface area contributed by atoms with E-state index in [2.05, 4.69) is 77.4 Å². The highest BCUT2D eigenvalue weighted by atomic mass is 127. The molecular formula is C23H42IN5O. The van der Waals surface area contributed by atoms with Gasteiger partial charge < -0.3 is 20.3 Å². The maximum Gasteiger partial charge on any atom is 0.191 e. The molecule has 0 amide bonds. The van der Waals surface area contributed by atoms with E-state index in [-0.39, 0.29) is 35.5 Å². The minimum absolute atomic E-state index is 0. The Kier molecular flexibility index (Phi) is 12.2. The largest absolute Gasteiger partial charge is 0.379 e. The van der Waals surface area contributed by atoms with E-state index >= 15 is 0 Å². The van der Waals surface area contributed by atoms with Gasteiger partial charge in [-0.3, -0.25) is 9.89 Å². The molecule has 0 aromatic heterocycles. The molecular weight excluding hydrogens is 489 g/mol. The molecule has 0 bridgehead atoms. The molecule has 0 saturated carbocycles. The molecule has 1 fully saturated rings. The average Bonchev–Trinajstić information content (AvgIpc) is 2.71. The summed E-state index contributed by atoms with van der Waals surface area (Å²) in [5, 5.41) is 6.77. The number of methoxy groups -OCH3 is 1. The molecule has 1 saturated heterocycles. The lowest BCUT2D eigenvalue weighted by atomic mass is 9.89. The number of benzene rings is 1. The molecule has 30 heavy (non-hydrogen) atoms. The molecule has 7 heteroatoms. The standard InChI is InChI=1S/C23H41N5O.HI/c1-7-27-12-14-28(15-13-27)18-20-10-8-19(9-11-20)16-25-22(24-5)26-17-21(29-6)23(2,3)4;/h8-11,21H,7,12-18H2,1-6H3,(H2,24,25,26);1H. The second-order valence-corrected chi connectivity index (χ2v) is 8.92. The Morgan fingerprint density at radius 1 is 1.03 bits per heavy atom. The van der Waals surface area contributed by atoms with Crippen LogP contribution in [0.4, 0.5) is 0 Å². The molecule has 1 unspecified atom stereocenters. The van der Waals surface area contributed by atoms with Crippen molar-refractivity contribution in [2.45, 2.75) is 46.9 Å². The van der Waals surface area contributed by atoms with Gasteiger partial charge in [0.15, 0.2) is 5.96 Å². The first-order valence-electron chi connectivity index (χ1n) is 10.9. The van der Waals surface area contributed by atoms with E-state index in [0.717, 1.165) is 45.2 Å². The van der Waals surface area contributed by atoms with Crippen LogP contribution in [0.25, 0.3) is 0 Å². The van der Waals surface area contributed by atoms with Crippen molar-refractivity contribution in [2.75, 3.05) is 53.4 Å². The van der Waals surface area contributed by atoms with Crippen LogP contribution in [0.5, 0.6) is 0 Å². The highest BCUT2D eigenvalue weighted by Crippen LogP contribution is 2.20. The van der Waals surface area contributed by atoms with Crippen LogP contribution in [0.2, 0.25) is 0 Å². The predicted octanol–water partition coefficient (Wildman–Crippen LogP) is 3.17. The van der Waals surface area contributed by atoms with Crippen LogP contribution < -0.4 is 10.6 Å². The van der Waals surface area contributed by atoms with Gasteiger partial charge in [-0.15, -0.1) is 24.0 Å². The molecule has 0 aliphatic carbocycles. The van der Waals surface area contributed by atoms with Gasteiger partial charge in [0.1, 0.15) is 0 Å². The number of piperazine rings is 1. The molecule has 2 N–H and O–H groups in total. The van der Waals surface area contributed by atoms with Crippen LogP contribution in [0.1, 0.15) is 38.8 Å². The van der Waals surface area contributed by atoms with E-state index < -0.39 is 0 Å². The minimum Gasteiger partial charge on any atom is -0.379 e. The van der Waals surface area contributed by atoms with Crippen molar-refractivity contribution in [1.29, 1.82) is 0 Å². The number of likely N-dealkylation sites (N-methyl/N-ethyl adjacent to an activating group) is 1. The number of aliphatic imine (C=N–C) groups is 1. The number of guanidine groups is 1. The topological polar surface area (TPSA) is 52.1 Å². The molecule has 1 aliphatic rings. The van der Waals surface area contributed by atoms with Crippen molar-refractivity contribution in [3.63, 3.8) is 0 Å². The third-order valence-corrected chi connectivity index (χ3v) is 5.73. The van der Waals surface area contributed by atoms with E-state index in [1.54, 1.807) is 14.2 Å². The summed E-state index contributed by atoms with van der Waals surface area (Å²) in [7, 11) is 3.56. The van der Waals surface area contributed by atoms with Crippen molar-refractivity contribution < 1.29 is 4.74 Å². The fourth-order valence-electron chi connectivity index (χ4n) is 3.62. The van der Waals surface area contributed by atoms with Crippen molar-refractivity contribution in [1.82, 2.24) is 20.4 Å². The lowest BCUT2D eigenvalue weighted by Crippen LogP contribution is -2.45. The van der Waals surface area contributed by atoms with Gasteiger partial charge in [0.2, 0.25) is 0 Å². The monoisotopic (exact) mass is 531 g/mol. The molecule has 1 aliphatic heterocycles. The Morgan fingerprint density at radius 3 is 2.10 bits per heavy atom. The number of ether oxygens (including phenoxy) is 1. The van der Waals surface area contributed by atoms with Crippen LogP contribution in [0, 0.1) is 5.41 Å². The number of halogens is 1. The van der Waals surface area contributed by atoms with Crippen LogP contribution >= 0.6 is 24.0 Å². The molecule has 1 heterocycles. The fourth-order valence-corrected chi connectivity index (χ4v) is 3.62. The number of hydrogen-bond donors (Lipinski definition) is 2. The number of nitrogens with one attached hydrogen (secondary N) is 2. The SMILES string of the molecule is CCN1CCN(Cc2ccc(CNC(=NC)NCC(OC)C(C)(C)C)cc2)CC1.I. The van der Waals surface area contributed by atoms with Crippen molar-refractivity contribution in [3.8, 4) is 0 Å². The van der Waals surface area contributed by atoms with Crippen LogP contribution in [-0.4, -0.2) is 75.3 Å². The Labute approximate surface area is 200 Å². The smallest absolute Gasteiger partial charge is 0.191 e. The predicted molar refractivity (Wildman–Crippen MR) is 138 cm³/mol. The average molecular weight is 532 g/mol. The van der Waals surface area contributed by atoms with E-state index in [9.17, 15) is 0 Å². The quantitative estimate of drug-likeness (QED) is 0.307. The van der Waals surface area contributed by atoms with E-state index in [0.29, 0.717) is 0 Å². The summed E-state index contributed by atoms with van der Waals surface area (Å²) in [5.74, 6) is 0.800. The molecule has 1 aromatic rings. The zero-order valence-electron chi connectivity index (χ0n) is 19.7. The highest BCUT2D eigenvalue weighted by molar-refractivity contribution is 14.0. The Balaban J connectivity index is 0.00000450. The second kappa shape index (κ2) is 13.5. The van der Waals surface area contributed by atoms with Crippen LogP contribution in [0.3, 0.4) is 0 Å². The van der Waals surface area contributed by atoms with Gasteiger partial charge in [0, 0.05) is 60.0 Å². The number of nitrogens with zero attached hydrogens (tertiary/aromatic N) is 3. The normalized spacial score (nSPS) is 17.3. The minimum atomic E-state index is 0. The molecule has 1 atom stereocenters. The second-order valence-electron chi connectivity index (χ2n) is 8.92. The third-order valence-electron chi connectivity index (χ3n) is 5.73. The summed E-state index contributed by atoms with van der Waals surface area (Å²) in [6, 6.07) is 8.93. The molecule has 0 spiro atoms. The van der Waals surface area contributed by atoms with Gasteiger partial charge >= 0.3 is 0 Å². The Bertz CT molecular complexity index is 621. The first-order valence-corrected chi connectivity index (χ1v) is 10.9. The summed E-state index contributed by atoms with van der Waals surface area (Å²) in [5.41, 5.74) is 2.72. The summed E-state index contributed by atoms with van der Waals surface area (Å²) >= 11 is 0. The summed E-state index contributed by atoms with van der Waals surface area (Å²) in [4.78, 5) is 9.39. The molecule has 2 rings (SSSR count). The summed E-state index contributed by atoms with van der Waals surface area (Å²) < 4.78 is 5.61. The first-order chi connectivity index (χ1) is 13.9. The molecule has 0 radical (unpaired) electrons. The maximum absolute atomic E-state index is 5.61. The number of hydrogen-bond acceptors (Lipinski definition) is 4. The van der Waals surface area contributed by atoms with E-state index in [1.165, 1.54) is 24.2 Å². The van der Waals surface area contributed by atoms with Gasteiger partial charge in [-0.05, 0) is 23.1 Å². The van der Waals surface area contributed by atoms with Gasteiger partial charge in [0.25, 0.3) is 0 Å². The molecule has 6 nitrogen and oxygen atoms in total. The lowest BCUT2D eigenvalue weighted by Gasteiger charge is -2.34. The van der Waals surface area contributed by atoms with Gasteiger partial charge in [-0.1, -0.05) is 52.0 Å². The van der Waals surface area contributed by atoms with E-state index in [4.69, 9.17) is 4.74 Å². The van der Waals surface area contributed by atoms with Gasteiger partial charge in [0.05, 0.1) is 6.10 Å². The maximum atomic E-state index is 5.61. The van der Waals surface area contributed by atoms with Gasteiger partial charge in [-0.25, -0.2) is 0 Å². The Hall–Kier alpha value is -0.900. The summed E-state index contributed by atoms with van der Waals surface area (Å²) in [6.07, 6.45) is 0.125. The fraction of sp³-hybridized carbons (Fsp3) is 0.696.